The number of benzene rings is 2. The van der Waals surface area contributed by atoms with Gasteiger partial charge in [-0.3, -0.25) is 14.3 Å². The number of carbonyl (C=O) groups is 2. The van der Waals surface area contributed by atoms with Gasteiger partial charge < -0.3 is 10.2 Å². The molecule has 2 heterocycles. The average molecular weight is 431 g/mol. The van der Waals surface area contributed by atoms with Crippen LogP contribution in [0.4, 0.5) is 5.69 Å². The maximum absolute atomic E-state index is 13.2. The van der Waals surface area contributed by atoms with E-state index in [0.29, 0.717) is 23.5 Å². The number of likely N-dealkylation sites (N-methyl/N-ethyl adjacent to an activating group) is 1. The first kappa shape index (κ1) is 20.6. The van der Waals surface area contributed by atoms with E-state index in [9.17, 15) is 9.59 Å². The second kappa shape index (κ2) is 9.40. The number of thiophene rings is 1. The standard InChI is InChI=1S/C24H22N4O2S/c1-27(17-22(29)25-19-11-6-3-7-12-19)24(30)20-16-28(15-18-9-4-2-5-10-18)26-23(20)21-13-8-14-31-21/h2-14,16H,15,17H2,1H3,(H,25,29). The quantitative estimate of drug-likeness (QED) is 0.473. The summed E-state index contributed by atoms with van der Waals surface area (Å²) < 4.78 is 1.77. The summed E-state index contributed by atoms with van der Waals surface area (Å²) in [5, 5.41) is 9.44. The van der Waals surface area contributed by atoms with Gasteiger partial charge >= 0.3 is 0 Å². The van der Waals surface area contributed by atoms with Crippen molar-refractivity contribution in [2.45, 2.75) is 6.54 Å². The van der Waals surface area contributed by atoms with E-state index in [1.807, 2.05) is 78.2 Å². The van der Waals surface area contributed by atoms with E-state index < -0.39 is 0 Å². The minimum absolute atomic E-state index is 0.0541. The van der Waals surface area contributed by atoms with Crippen LogP contribution in [-0.2, 0) is 11.3 Å². The largest absolute Gasteiger partial charge is 0.332 e. The Morgan fingerprint density at radius 2 is 1.71 bits per heavy atom. The van der Waals surface area contributed by atoms with Gasteiger partial charge in [0.25, 0.3) is 5.91 Å². The van der Waals surface area contributed by atoms with Crippen molar-refractivity contribution in [3.8, 4) is 10.6 Å². The number of para-hydroxylation sites is 1. The molecular formula is C24H22N4O2S. The van der Waals surface area contributed by atoms with Crippen molar-refractivity contribution in [3.05, 3.63) is 95.5 Å². The molecule has 7 heteroatoms. The number of hydrogen-bond donors (Lipinski definition) is 1. The smallest absolute Gasteiger partial charge is 0.257 e. The number of rotatable bonds is 7. The van der Waals surface area contributed by atoms with Crippen molar-refractivity contribution in [2.24, 2.45) is 0 Å². The molecule has 6 nitrogen and oxygen atoms in total. The van der Waals surface area contributed by atoms with E-state index in [0.717, 1.165) is 10.4 Å². The number of hydrogen-bond acceptors (Lipinski definition) is 4. The Labute approximate surface area is 184 Å². The fourth-order valence-electron chi connectivity index (χ4n) is 3.24. The second-order valence-corrected chi connectivity index (χ2v) is 8.07. The summed E-state index contributed by atoms with van der Waals surface area (Å²) in [4.78, 5) is 27.9. The van der Waals surface area contributed by atoms with Gasteiger partial charge in [-0.25, -0.2) is 0 Å². The molecule has 1 N–H and O–H groups in total. The summed E-state index contributed by atoms with van der Waals surface area (Å²) in [7, 11) is 1.62. The maximum Gasteiger partial charge on any atom is 0.257 e. The molecule has 4 aromatic rings. The highest BCUT2D eigenvalue weighted by molar-refractivity contribution is 7.13. The van der Waals surface area contributed by atoms with E-state index in [-0.39, 0.29) is 18.4 Å². The predicted octanol–water partition coefficient (Wildman–Crippen LogP) is 4.37. The molecule has 0 aliphatic carbocycles. The molecular weight excluding hydrogens is 408 g/mol. The van der Waals surface area contributed by atoms with Crippen LogP contribution < -0.4 is 5.32 Å². The molecule has 2 amide bonds. The summed E-state index contributed by atoms with van der Waals surface area (Å²) >= 11 is 1.53. The summed E-state index contributed by atoms with van der Waals surface area (Å²) in [6.45, 7) is 0.506. The predicted molar refractivity (Wildman–Crippen MR) is 123 cm³/mol. The molecule has 0 radical (unpaired) electrons. The van der Waals surface area contributed by atoms with Crippen LogP contribution in [0.5, 0.6) is 0 Å². The van der Waals surface area contributed by atoms with Gasteiger partial charge in [-0.2, -0.15) is 5.10 Å². The van der Waals surface area contributed by atoms with Crippen molar-refractivity contribution >= 4 is 28.8 Å². The summed E-state index contributed by atoms with van der Waals surface area (Å²) in [5.41, 5.74) is 2.90. The Hall–Kier alpha value is -3.71. The lowest BCUT2D eigenvalue weighted by Crippen LogP contribution is -2.35. The van der Waals surface area contributed by atoms with Gasteiger partial charge in [0.05, 0.1) is 23.5 Å². The van der Waals surface area contributed by atoms with Crippen LogP contribution in [0.3, 0.4) is 0 Å². The Morgan fingerprint density at radius 1 is 1.00 bits per heavy atom. The first-order chi connectivity index (χ1) is 15.1. The van der Waals surface area contributed by atoms with E-state index in [2.05, 4.69) is 10.4 Å². The van der Waals surface area contributed by atoms with Crippen LogP contribution in [0.25, 0.3) is 10.6 Å². The molecule has 0 unspecified atom stereocenters. The lowest BCUT2D eigenvalue weighted by molar-refractivity contribution is -0.116. The van der Waals surface area contributed by atoms with E-state index in [1.54, 1.807) is 17.9 Å². The lowest BCUT2D eigenvalue weighted by Gasteiger charge is -2.16. The zero-order valence-electron chi connectivity index (χ0n) is 17.1. The molecule has 0 fully saturated rings. The minimum Gasteiger partial charge on any atom is -0.332 e. The highest BCUT2D eigenvalue weighted by Gasteiger charge is 2.23. The molecule has 0 bridgehead atoms. The fraction of sp³-hybridized carbons (Fsp3) is 0.125. The average Bonchev–Trinajstić information content (AvgIpc) is 3.44. The molecule has 0 aliphatic rings. The molecule has 31 heavy (non-hydrogen) atoms. The van der Waals surface area contributed by atoms with Gasteiger partial charge in [0, 0.05) is 18.9 Å². The van der Waals surface area contributed by atoms with E-state index in [1.165, 1.54) is 16.2 Å². The Kier molecular flexibility index (Phi) is 6.24. The van der Waals surface area contributed by atoms with Gasteiger partial charge in [0.15, 0.2) is 0 Å². The van der Waals surface area contributed by atoms with Gasteiger partial charge in [0.2, 0.25) is 5.91 Å². The number of carbonyl (C=O) groups excluding carboxylic acids is 2. The third kappa shape index (κ3) is 5.07. The maximum atomic E-state index is 13.2. The normalized spacial score (nSPS) is 10.6. The number of nitrogens with zero attached hydrogens (tertiary/aromatic N) is 3. The Morgan fingerprint density at radius 3 is 2.39 bits per heavy atom. The third-order valence-corrected chi connectivity index (χ3v) is 5.60. The van der Waals surface area contributed by atoms with Crippen LogP contribution in [0.15, 0.2) is 84.4 Å². The highest BCUT2D eigenvalue weighted by Crippen LogP contribution is 2.27. The second-order valence-electron chi connectivity index (χ2n) is 7.13. The minimum atomic E-state index is -0.253. The number of aromatic nitrogens is 2. The Bertz CT molecular complexity index is 1160. The van der Waals surface area contributed by atoms with E-state index in [4.69, 9.17) is 0 Å². The number of amides is 2. The van der Waals surface area contributed by atoms with Crippen molar-refractivity contribution in [1.82, 2.24) is 14.7 Å². The van der Waals surface area contributed by atoms with Crippen LogP contribution in [0.1, 0.15) is 15.9 Å². The number of nitrogens with one attached hydrogen (secondary N) is 1. The molecule has 0 saturated heterocycles. The SMILES string of the molecule is CN(CC(=O)Nc1ccccc1)C(=O)c1cn(Cc2ccccc2)nc1-c1cccs1. The summed E-state index contributed by atoms with van der Waals surface area (Å²) in [5.74, 6) is -0.498. The Balaban J connectivity index is 1.53. The molecule has 0 aliphatic heterocycles. The zero-order chi connectivity index (χ0) is 21.6. The van der Waals surface area contributed by atoms with Crippen molar-refractivity contribution < 1.29 is 9.59 Å². The zero-order valence-corrected chi connectivity index (χ0v) is 17.9. The molecule has 0 saturated carbocycles. The molecule has 156 valence electrons. The first-order valence-corrected chi connectivity index (χ1v) is 10.7. The number of anilines is 1. The molecule has 2 aromatic heterocycles. The topological polar surface area (TPSA) is 67.2 Å². The van der Waals surface area contributed by atoms with Crippen molar-refractivity contribution in [2.75, 3.05) is 18.9 Å². The third-order valence-electron chi connectivity index (χ3n) is 4.72. The monoisotopic (exact) mass is 430 g/mol. The van der Waals surface area contributed by atoms with Gasteiger partial charge in [-0.15, -0.1) is 11.3 Å². The van der Waals surface area contributed by atoms with Crippen LogP contribution in [0, 0.1) is 0 Å². The van der Waals surface area contributed by atoms with Gasteiger partial charge in [-0.1, -0.05) is 54.6 Å². The lowest BCUT2D eigenvalue weighted by atomic mass is 10.2. The molecule has 0 spiro atoms. The van der Waals surface area contributed by atoms with Crippen LogP contribution >= 0.6 is 11.3 Å². The summed E-state index contributed by atoms with van der Waals surface area (Å²) in [6, 6.07) is 23.0. The molecule has 4 rings (SSSR count). The van der Waals surface area contributed by atoms with E-state index >= 15 is 0 Å². The van der Waals surface area contributed by atoms with Crippen molar-refractivity contribution in [3.63, 3.8) is 0 Å². The van der Waals surface area contributed by atoms with Gasteiger partial charge in [0.1, 0.15) is 5.69 Å². The van der Waals surface area contributed by atoms with Gasteiger partial charge in [-0.05, 0) is 29.1 Å². The van der Waals surface area contributed by atoms with Crippen LogP contribution in [-0.4, -0.2) is 40.1 Å². The molecule has 2 aromatic carbocycles. The highest BCUT2D eigenvalue weighted by atomic mass is 32.1. The molecule has 0 atom stereocenters. The fourth-order valence-corrected chi connectivity index (χ4v) is 3.96. The summed E-state index contributed by atoms with van der Waals surface area (Å²) in [6.07, 6.45) is 1.76. The first-order valence-electron chi connectivity index (χ1n) is 9.86. The van der Waals surface area contributed by atoms with Crippen molar-refractivity contribution in [1.29, 1.82) is 0 Å². The van der Waals surface area contributed by atoms with Crippen LogP contribution in [0.2, 0.25) is 0 Å².